The van der Waals surface area contributed by atoms with Crippen LogP contribution in [0.3, 0.4) is 0 Å². The first-order valence-electron chi connectivity index (χ1n) is 17.8. The minimum Gasteiger partial charge on any atom is -0.456 e. The van der Waals surface area contributed by atoms with E-state index < -0.39 is 0 Å². The first-order valence-corrected chi connectivity index (χ1v) is 20.5. The van der Waals surface area contributed by atoms with Crippen molar-refractivity contribution in [3.63, 3.8) is 0 Å². The molecule has 4 aromatic heterocycles. The fraction of sp³-hybridized carbons (Fsp3) is 0. The predicted molar refractivity (Wildman–Crippen MR) is 246 cm³/mol. The van der Waals surface area contributed by atoms with E-state index in [2.05, 4.69) is 191 Å². The summed E-state index contributed by atoms with van der Waals surface area (Å²) in [7, 11) is 0. The van der Waals surface area contributed by atoms with Crippen LogP contribution >= 0.6 is 54.5 Å². The summed E-state index contributed by atoms with van der Waals surface area (Å²) in [5, 5.41) is 9.75. The highest BCUT2D eigenvalue weighted by atomic mass is 127. The first kappa shape index (κ1) is 34.2. The molecule has 264 valence electrons. The van der Waals surface area contributed by atoms with Gasteiger partial charge in [-0.05, 0) is 120 Å². The zero-order valence-electron chi connectivity index (χ0n) is 29.1. The van der Waals surface area contributed by atoms with Crippen LogP contribution in [0.4, 0.5) is 0 Å². The molecule has 0 aliphatic heterocycles. The van der Waals surface area contributed by atoms with Crippen LogP contribution in [0.2, 0.25) is 0 Å². The average molecular weight is 952 g/mol. The maximum absolute atomic E-state index is 6.00. The molecule has 55 heavy (non-hydrogen) atoms. The van der Waals surface area contributed by atoms with Crippen molar-refractivity contribution in [2.45, 2.75) is 0 Å². The topological polar surface area (TPSA) is 47.0 Å². The second kappa shape index (κ2) is 14.1. The summed E-state index contributed by atoms with van der Waals surface area (Å²) in [6.45, 7) is 0. The van der Waals surface area contributed by atoms with E-state index in [1.807, 2.05) is 42.5 Å². The van der Waals surface area contributed by atoms with Gasteiger partial charge in [-0.1, -0.05) is 105 Å². The Morgan fingerprint density at radius 2 is 0.927 bits per heavy atom. The molecule has 7 heteroatoms. The third kappa shape index (κ3) is 6.20. The van der Waals surface area contributed by atoms with Crippen molar-refractivity contribution in [3.05, 3.63) is 182 Å². The molecule has 4 heterocycles. The van der Waals surface area contributed by atoms with Gasteiger partial charge >= 0.3 is 0 Å². The van der Waals surface area contributed by atoms with Gasteiger partial charge in [-0.3, -0.25) is 0 Å². The minimum absolute atomic E-state index is 0.920. The second-order valence-electron chi connectivity index (χ2n) is 13.4. The quantitative estimate of drug-likeness (QED) is 0.167. The Labute approximate surface area is 345 Å². The van der Waals surface area contributed by atoms with Crippen LogP contribution in [0.15, 0.2) is 188 Å². The van der Waals surface area contributed by atoms with E-state index >= 15 is 0 Å². The van der Waals surface area contributed by atoms with Gasteiger partial charge in [-0.2, -0.15) is 0 Å². The molecule has 0 radical (unpaired) electrons. The van der Waals surface area contributed by atoms with Crippen molar-refractivity contribution in [1.82, 2.24) is 9.55 Å². The van der Waals surface area contributed by atoms with Crippen molar-refractivity contribution >= 4 is 142 Å². The summed E-state index contributed by atoms with van der Waals surface area (Å²) in [5.41, 5.74) is 9.71. The molecule has 0 aliphatic rings. The Morgan fingerprint density at radius 3 is 1.67 bits per heavy atom. The smallest absolute Gasteiger partial charge is 0.135 e. The van der Waals surface area contributed by atoms with Crippen LogP contribution in [-0.2, 0) is 0 Å². The van der Waals surface area contributed by atoms with Gasteiger partial charge in [0.15, 0.2) is 0 Å². The normalized spacial score (nSPS) is 11.5. The Hall–Kier alpha value is -5.35. The average Bonchev–Trinajstić information content (AvgIpc) is 3.97. The molecule has 0 unspecified atom stereocenters. The van der Waals surface area contributed by atoms with Gasteiger partial charge in [0, 0.05) is 72.3 Å². The van der Waals surface area contributed by atoms with E-state index in [9.17, 15) is 0 Å². The first-order chi connectivity index (χ1) is 27.0. The van der Waals surface area contributed by atoms with Crippen LogP contribution in [0.25, 0.3) is 93.2 Å². The zero-order chi connectivity index (χ0) is 37.0. The summed E-state index contributed by atoms with van der Waals surface area (Å²) in [4.78, 5) is 3.38. The van der Waals surface area contributed by atoms with Crippen molar-refractivity contribution < 1.29 is 8.83 Å². The third-order valence-electron chi connectivity index (χ3n) is 10.1. The van der Waals surface area contributed by atoms with Gasteiger partial charge in [-0.25, -0.2) is 0 Å². The van der Waals surface area contributed by atoms with Crippen molar-refractivity contribution in [2.24, 2.45) is 0 Å². The largest absolute Gasteiger partial charge is 0.456 e. The fourth-order valence-corrected chi connectivity index (χ4v) is 8.81. The maximum atomic E-state index is 6.00. The molecule has 8 aromatic carbocycles. The summed E-state index contributed by atoms with van der Waals surface area (Å²) in [5.74, 6) is 0. The highest BCUT2D eigenvalue weighted by Crippen LogP contribution is 2.36. The Bertz CT molecular complexity index is 3280. The molecule has 0 bridgehead atoms. The van der Waals surface area contributed by atoms with Gasteiger partial charge in [-0.15, -0.1) is 0 Å². The van der Waals surface area contributed by atoms with Crippen LogP contribution < -0.4 is 0 Å². The molecule has 0 saturated heterocycles. The molecule has 0 fully saturated rings. The zero-order valence-corrected chi connectivity index (χ0v) is 34.4. The third-order valence-corrected chi connectivity index (χ3v) is 11.7. The molecule has 0 amide bonds. The van der Waals surface area contributed by atoms with Crippen LogP contribution in [0, 0.1) is 3.57 Å². The van der Waals surface area contributed by atoms with Gasteiger partial charge in [0.1, 0.15) is 22.3 Å². The number of benzene rings is 8. The van der Waals surface area contributed by atoms with Crippen molar-refractivity contribution in [1.29, 1.82) is 0 Å². The molecule has 12 aromatic rings. The summed E-state index contributed by atoms with van der Waals surface area (Å²) < 4.78 is 17.5. The number of rotatable bonds is 1. The lowest BCUT2D eigenvalue weighted by Gasteiger charge is -2.08. The van der Waals surface area contributed by atoms with Gasteiger partial charge < -0.3 is 18.4 Å². The second-order valence-corrected chi connectivity index (χ2v) is 16.5. The standard InChI is InChI=1S/C24H14BrNO.C12H8BrN.C12H7IO/c25-15-9-11-22-19(13-15)17-5-1-3-7-21(17)26(22)16-10-12-24-20(14-16)18-6-2-4-8-23(18)27-24;2*13-8-5-6-12-10(7-8)9-3-1-2-4-11(9)14-12/h1-14H;1-7,14H;1-7H. The number of aromatic nitrogens is 2. The van der Waals surface area contributed by atoms with Crippen molar-refractivity contribution in [2.75, 3.05) is 0 Å². The van der Waals surface area contributed by atoms with E-state index in [1.165, 1.54) is 58.0 Å². The summed E-state index contributed by atoms with van der Waals surface area (Å²) in [6.07, 6.45) is 0. The lowest BCUT2D eigenvalue weighted by atomic mass is 10.1. The molecule has 1 N–H and O–H groups in total. The number of halogens is 3. The van der Waals surface area contributed by atoms with E-state index in [1.54, 1.807) is 0 Å². The number of fused-ring (bicyclic) bond motifs is 12. The number of hydrogen-bond donors (Lipinski definition) is 1. The lowest BCUT2D eigenvalue weighted by molar-refractivity contribution is 0.668. The number of aromatic amines is 1. The number of nitrogens with one attached hydrogen (secondary N) is 1. The Kier molecular flexibility index (Phi) is 8.73. The van der Waals surface area contributed by atoms with E-state index in [4.69, 9.17) is 8.83 Å². The monoisotopic (exact) mass is 950 g/mol. The highest BCUT2D eigenvalue weighted by Gasteiger charge is 2.14. The molecule has 0 saturated carbocycles. The van der Waals surface area contributed by atoms with Gasteiger partial charge in [0.05, 0.1) is 11.0 Å². The number of nitrogens with zero attached hydrogens (tertiary/aromatic N) is 1. The number of H-pyrrole nitrogens is 1. The SMILES string of the molecule is Brc1ccc2[nH]c3ccccc3c2c1.Brc1ccc2c(c1)c1ccccc1n2-c1ccc2oc3ccccc3c2c1.Ic1ccc2oc3ccccc3c2c1. The minimum atomic E-state index is 0.920. The molecular weight excluding hydrogens is 923 g/mol. The summed E-state index contributed by atoms with van der Waals surface area (Å²) in [6, 6.07) is 58.7. The van der Waals surface area contributed by atoms with E-state index in [0.29, 0.717) is 0 Å². The number of furan rings is 2. The highest BCUT2D eigenvalue weighted by molar-refractivity contribution is 14.1. The number of hydrogen-bond acceptors (Lipinski definition) is 2. The van der Waals surface area contributed by atoms with Crippen LogP contribution in [0.5, 0.6) is 0 Å². The molecule has 12 rings (SSSR count). The van der Waals surface area contributed by atoms with Crippen molar-refractivity contribution in [3.8, 4) is 5.69 Å². The maximum Gasteiger partial charge on any atom is 0.135 e. The molecular formula is C48H29Br2IN2O2. The number of para-hydroxylation sites is 4. The molecule has 4 nitrogen and oxygen atoms in total. The van der Waals surface area contributed by atoms with E-state index in [-0.39, 0.29) is 0 Å². The Morgan fingerprint density at radius 1 is 0.400 bits per heavy atom. The van der Waals surface area contributed by atoms with Crippen LogP contribution in [0.1, 0.15) is 0 Å². The van der Waals surface area contributed by atoms with E-state index in [0.717, 1.165) is 47.7 Å². The lowest BCUT2D eigenvalue weighted by Crippen LogP contribution is -1.93. The van der Waals surface area contributed by atoms with Gasteiger partial charge in [0.25, 0.3) is 0 Å². The molecule has 0 aliphatic carbocycles. The van der Waals surface area contributed by atoms with Crippen LogP contribution in [-0.4, -0.2) is 9.55 Å². The Balaban J connectivity index is 0.000000112. The van der Waals surface area contributed by atoms with Gasteiger partial charge in [0.2, 0.25) is 0 Å². The predicted octanol–water partition coefficient (Wildman–Crippen LogP) is 15.7. The molecule has 0 spiro atoms. The fourth-order valence-electron chi connectivity index (χ4n) is 7.60. The summed E-state index contributed by atoms with van der Waals surface area (Å²) >= 11 is 9.42. The molecule has 0 atom stereocenters.